The zero-order chi connectivity index (χ0) is 17.4. The highest BCUT2D eigenvalue weighted by Crippen LogP contribution is 2.40. The Hall–Kier alpha value is -2.09. The van der Waals surface area contributed by atoms with Crippen LogP contribution < -0.4 is 11.4 Å². The van der Waals surface area contributed by atoms with Crippen molar-refractivity contribution in [3.8, 4) is 11.8 Å². The number of alkyl halides is 2. The maximum absolute atomic E-state index is 15.0. The quantitative estimate of drug-likeness (QED) is 0.537. The van der Waals surface area contributed by atoms with Gasteiger partial charge in [0.25, 0.3) is 0 Å². The van der Waals surface area contributed by atoms with Gasteiger partial charge in [0.15, 0.2) is 6.23 Å². The van der Waals surface area contributed by atoms with Crippen molar-refractivity contribution in [1.29, 1.82) is 0 Å². The second-order valence-corrected chi connectivity index (χ2v) is 4.07. The van der Waals surface area contributed by atoms with Gasteiger partial charge < -0.3 is 14.9 Å². The van der Waals surface area contributed by atoms with E-state index in [1.165, 1.54) is 0 Å². The molecule has 0 aromatic carbocycles. The maximum Gasteiger partial charge on any atom is 0.350 e. The number of aromatic nitrogens is 3. The van der Waals surface area contributed by atoms with Crippen molar-refractivity contribution in [2.75, 3.05) is 13.2 Å². The molecule has 1 unspecified atom stereocenters. The van der Waals surface area contributed by atoms with Crippen molar-refractivity contribution in [2.45, 2.75) is 24.1 Å². The summed E-state index contributed by atoms with van der Waals surface area (Å²) in [6.07, 6.45) is -5.93. The smallest absolute Gasteiger partial charge is 0.350 e. The lowest BCUT2D eigenvalue weighted by Crippen LogP contribution is -2.45. The maximum atomic E-state index is 15.0. The highest BCUT2D eigenvalue weighted by atomic mass is 19.1. The molecule has 4 atom stereocenters. The molecular formula is C11H11F2N3O5. The largest absolute Gasteiger partial charge is 0.394 e. The Morgan fingerprint density at radius 2 is 2.38 bits per heavy atom. The minimum absolute atomic E-state index is 0.406. The standard InChI is InChI=1S/C11H11F2N3O5/c12-3-1-2-11(13)7(18)6(4-17)21-8(11)16-5-14-9(19)15-10(16)20/h5-8,17-18H,3-4H2,(H,15,19,20)/t6-,7?,8-,11-/m1/s1/i4D2. The summed E-state index contributed by atoms with van der Waals surface area (Å²) in [6.45, 7) is -4.46. The van der Waals surface area contributed by atoms with Gasteiger partial charge in [-0.3, -0.25) is 9.55 Å². The first kappa shape index (κ1) is 12.6. The second-order valence-electron chi connectivity index (χ2n) is 4.07. The fourth-order valence-corrected chi connectivity index (χ4v) is 1.87. The first-order chi connectivity index (χ1) is 10.6. The SMILES string of the molecule is [2H]C([2H])(O)[C@H]1O[C@@H](n2cnc(=O)[nH]c2=O)[C@@](F)(C#CCF)C1O. The van der Waals surface area contributed by atoms with Crippen molar-refractivity contribution in [3.63, 3.8) is 0 Å². The number of nitrogens with one attached hydrogen (secondary N) is 1. The van der Waals surface area contributed by atoms with Crippen LogP contribution in [-0.4, -0.2) is 55.9 Å². The first-order valence-electron chi connectivity index (χ1n) is 6.59. The number of aliphatic hydroxyl groups is 2. The van der Waals surface area contributed by atoms with Crippen molar-refractivity contribution in [3.05, 3.63) is 27.3 Å². The molecule has 3 N–H and O–H groups in total. The molecule has 10 heteroatoms. The van der Waals surface area contributed by atoms with Gasteiger partial charge in [-0.1, -0.05) is 11.8 Å². The number of hydrogen-bond donors (Lipinski definition) is 3. The van der Waals surface area contributed by atoms with Crippen molar-refractivity contribution in [2.24, 2.45) is 0 Å². The lowest BCUT2D eigenvalue weighted by atomic mass is 9.96. The fraction of sp³-hybridized carbons (Fsp3) is 0.545. The van der Waals surface area contributed by atoms with Gasteiger partial charge in [-0.2, -0.15) is 4.98 Å². The predicted octanol–water partition coefficient (Wildman–Crippen LogP) is -2.14. The van der Waals surface area contributed by atoms with Crippen LogP contribution in [0, 0.1) is 11.8 Å². The van der Waals surface area contributed by atoms with Gasteiger partial charge in [0.1, 0.15) is 25.2 Å². The summed E-state index contributed by atoms with van der Waals surface area (Å²) in [7, 11) is 0. The molecule has 1 aromatic rings. The molecular weight excluding hydrogens is 292 g/mol. The zero-order valence-corrected chi connectivity index (χ0v) is 10.3. The van der Waals surface area contributed by atoms with Gasteiger partial charge in [-0.05, 0) is 0 Å². The monoisotopic (exact) mass is 305 g/mol. The number of H-pyrrole nitrogens is 1. The summed E-state index contributed by atoms with van der Waals surface area (Å²) in [6, 6.07) is 0. The summed E-state index contributed by atoms with van der Waals surface area (Å²) in [5.41, 5.74) is -5.33. The van der Waals surface area contributed by atoms with Gasteiger partial charge >= 0.3 is 11.4 Å². The molecule has 1 aliphatic heterocycles. The summed E-state index contributed by atoms with van der Waals surface area (Å²) in [5, 5.41) is 19.2. The van der Waals surface area contributed by atoms with Crippen LogP contribution in [0.4, 0.5) is 8.78 Å². The third-order valence-corrected chi connectivity index (χ3v) is 2.83. The second kappa shape index (κ2) is 5.72. The Morgan fingerprint density at radius 1 is 1.67 bits per heavy atom. The predicted molar refractivity (Wildman–Crippen MR) is 63.7 cm³/mol. The highest BCUT2D eigenvalue weighted by molar-refractivity contribution is 5.23. The Kier molecular flexibility index (Phi) is 3.44. The van der Waals surface area contributed by atoms with E-state index in [2.05, 4.69) is 4.98 Å². The number of ether oxygens (including phenoxy) is 1. The highest BCUT2D eigenvalue weighted by Gasteiger charge is 2.57. The van der Waals surface area contributed by atoms with E-state index < -0.39 is 48.7 Å². The lowest BCUT2D eigenvalue weighted by molar-refractivity contribution is -0.0549. The summed E-state index contributed by atoms with van der Waals surface area (Å²) in [4.78, 5) is 27.5. The zero-order valence-electron chi connectivity index (χ0n) is 12.3. The topological polar surface area (TPSA) is 117 Å². The van der Waals surface area contributed by atoms with E-state index in [9.17, 15) is 24.2 Å². The molecule has 2 rings (SSSR count). The molecule has 0 spiro atoms. The first-order valence-corrected chi connectivity index (χ1v) is 5.59. The summed E-state index contributed by atoms with van der Waals surface area (Å²) in [5.74, 6) is 3.45. The lowest BCUT2D eigenvalue weighted by Gasteiger charge is -2.23. The van der Waals surface area contributed by atoms with Crippen LogP contribution in [0.1, 0.15) is 8.97 Å². The summed E-state index contributed by atoms with van der Waals surface area (Å²) >= 11 is 0. The molecule has 0 bridgehead atoms. The van der Waals surface area contributed by atoms with Crippen molar-refractivity contribution >= 4 is 0 Å². The van der Waals surface area contributed by atoms with Crippen molar-refractivity contribution in [1.82, 2.24) is 14.5 Å². The molecule has 0 amide bonds. The Labute approximate surface area is 118 Å². The number of hydrogen-bond acceptors (Lipinski definition) is 6. The molecule has 21 heavy (non-hydrogen) atoms. The van der Waals surface area contributed by atoms with Gasteiger partial charge in [-0.15, -0.1) is 0 Å². The summed E-state index contributed by atoms with van der Waals surface area (Å²) < 4.78 is 46.8. The van der Waals surface area contributed by atoms with E-state index in [1.807, 2.05) is 0 Å². The normalized spacial score (nSPS) is 33.8. The molecule has 114 valence electrons. The van der Waals surface area contributed by atoms with E-state index in [1.54, 1.807) is 16.8 Å². The Morgan fingerprint density at radius 3 is 2.95 bits per heavy atom. The van der Waals surface area contributed by atoms with Gasteiger partial charge in [0, 0.05) is 0 Å². The molecule has 1 saturated heterocycles. The Balaban J connectivity index is 2.59. The average molecular weight is 305 g/mol. The number of aliphatic hydroxyl groups excluding tert-OH is 1. The van der Waals surface area contributed by atoms with Crippen LogP contribution in [0.25, 0.3) is 0 Å². The van der Waals surface area contributed by atoms with Crippen LogP contribution in [-0.2, 0) is 4.74 Å². The number of aromatic amines is 1. The molecule has 1 aromatic heterocycles. The van der Waals surface area contributed by atoms with Crippen LogP contribution in [0.5, 0.6) is 0 Å². The van der Waals surface area contributed by atoms with E-state index in [-0.39, 0.29) is 0 Å². The van der Waals surface area contributed by atoms with E-state index >= 15 is 4.39 Å². The van der Waals surface area contributed by atoms with Gasteiger partial charge in [0.05, 0.1) is 9.30 Å². The van der Waals surface area contributed by atoms with Crippen LogP contribution in [0.3, 0.4) is 0 Å². The number of halogens is 2. The average Bonchev–Trinajstić information content (AvgIpc) is 2.70. The fourth-order valence-electron chi connectivity index (χ4n) is 1.87. The van der Waals surface area contributed by atoms with E-state index in [0.717, 1.165) is 0 Å². The van der Waals surface area contributed by atoms with Gasteiger partial charge in [-0.25, -0.2) is 18.4 Å². The molecule has 1 aliphatic rings. The minimum Gasteiger partial charge on any atom is -0.394 e. The van der Waals surface area contributed by atoms with Crippen LogP contribution >= 0.6 is 0 Å². The van der Waals surface area contributed by atoms with E-state index in [0.29, 0.717) is 10.9 Å². The van der Waals surface area contributed by atoms with Crippen LogP contribution in [0.2, 0.25) is 0 Å². The van der Waals surface area contributed by atoms with Gasteiger partial charge in [0.2, 0.25) is 5.67 Å². The molecule has 0 radical (unpaired) electrons. The number of nitrogens with zero attached hydrogens (tertiary/aromatic N) is 2. The molecule has 0 saturated carbocycles. The molecule has 1 fully saturated rings. The molecule has 0 aliphatic carbocycles. The molecule has 8 nitrogen and oxygen atoms in total. The minimum atomic E-state index is -3.18. The van der Waals surface area contributed by atoms with E-state index in [4.69, 9.17) is 7.48 Å². The molecule has 2 heterocycles. The van der Waals surface area contributed by atoms with Crippen LogP contribution in [0.15, 0.2) is 15.9 Å². The third-order valence-electron chi connectivity index (χ3n) is 2.83. The van der Waals surface area contributed by atoms with Crippen molar-refractivity contribution < 1.29 is 26.5 Å². The number of rotatable bonds is 2. The third kappa shape index (κ3) is 2.58. The Bertz CT molecular complexity index is 768.